The molecular weight excluding hydrogens is 232 g/mol. The van der Waals surface area contributed by atoms with E-state index in [1.165, 1.54) is 0 Å². The van der Waals surface area contributed by atoms with Crippen molar-refractivity contribution in [2.75, 3.05) is 12.4 Å². The molecule has 2 aromatic rings. The van der Waals surface area contributed by atoms with E-state index in [2.05, 4.69) is 22.3 Å². The molecule has 0 radical (unpaired) electrons. The summed E-state index contributed by atoms with van der Waals surface area (Å²) in [6, 6.07) is 8.17. The zero-order chi connectivity index (χ0) is 12.3. The maximum Gasteiger partial charge on any atom is 0.127 e. The number of aliphatic hydroxyl groups excluding tert-OH is 1. The van der Waals surface area contributed by atoms with Crippen LogP contribution < -0.4 is 0 Å². The number of rotatable bonds is 4. The molecule has 2 rings (SSSR count). The Bertz CT molecular complexity index is 516. The second-order valence-electron chi connectivity index (χ2n) is 4.23. The van der Waals surface area contributed by atoms with Gasteiger partial charge in [-0.1, -0.05) is 31.2 Å². The van der Waals surface area contributed by atoms with Crippen molar-refractivity contribution in [2.45, 2.75) is 18.9 Å². The van der Waals surface area contributed by atoms with Crippen LogP contribution >= 0.6 is 11.8 Å². The summed E-state index contributed by atoms with van der Waals surface area (Å²) in [5.74, 6) is 1.14. The Balaban J connectivity index is 2.32. The van der Waals surface area contributed by atoms with Gasteiger partial charge in [-0.2, -0.15) is 5.10 Å². The highest BCUT2D eigenvalue weighted by Crippen LogP contribution is 2.27. The summed E-state index contributed by atoms with van der Waals surface area (Å²) in [6.45, 7) is 4.21. The van der Waals surface area contributed by atoms with E-state index < -0.39 is 0 Å². The molecule has 0 fully saturated rings. The molecule has 0 saturated heterocycles. The van der Waals surface area contributed by atoms with Gasteiger partial charge in [-0.3, -0.25) is 0 Å². The third kappa shape index (κ3) is 2.76. The Morgan fingerprint density at radius 1 is 1.24 bits per heavy atom. The lowest BCUT2D eigenvalue weighted by atomic mass is 10.1. The van der Waals surface area contributed by atoms with Crippen molar-refractivity contribution >= 4 is 22.5 Å². The maximum absolute atomic E-state index is 9.02. The van der Waals surface area contributed by atoms with Crippen LogP contribution in [0.4, 0.5) is 0 Å². The SMILES string of the molecule is Cc1nnc(SCC(C)CO)c2ccccc12. The summed E-state index contributed by atoms with van der Waals surface area (Å²) in [5, 5.41) is 20.7. The van der Waals surface area contributed by atoms with Gasteiger partial charge in [0.15, 0.2) is 0 Å². The predicted molar refractivity (Wildman–Crippen MR) is 71.2 cm³/mol. The molecule has 0 amide bonds. The van der Waals surface area contributed by atoms with Crippen molar-refractivity contribution in [3.8, 4) is 0 Å². The zero-order valence-corrected chi connectivity index (χ0v) is 10.9. The smallest absolute Gasteiger partial charge is 0.127 e. The second-order valence-corrected chi connectivity index (χ2v) is 5.24. The Hall–Kier alpha value is -1.13. The minimum Gasteiger partial charge on any atom is -0.396 e. The summed E-state index contributed by atoms with van der Waals surface area (Å²) < 4.78 is 0. The van der Waals surface area contributed by atoms with Crippen molar-refractivity contribution in [3.63, 3.8) is 0 Å². The molecule has 1 aromatic carbocycles. The van der Waals surface area contributed by atoms with Crippen LogP contribution in [0.2, 0.25) is 0 Å². The van der Waals surface area contributed by atoms with Crippen molar-refractivity contribution in [1.82, 2.24) is 10.2 Å². The Morgan fingerprint density at radius 2 is 1.94 bits per heavy atom. The van der Waals surface area contributed by atoms with Gasteiger partial charge in [0.2, 0.25) is 0 Å². The van der Waals surface area contributed by atoms with Crippen LogP contribution in [0, 0.1) is 12.8 Å². The van der Waals surface area contributed by atoms with Gasteiger partial charge in [-0.15, -0.1) is 16.9 Å². The first-order valence-electron chi connectivity index (χ1n) is 5.68. The number of benzene rings is 1. The maximum atomic E-state index is 9.02. The van der Waals surface area contributed by atoms with E-state index in [1.54, 1.807) is 11.8 Å². The van der Waals surface area contributed by atoms with Gasteiger partial charge in [-0.05, 0) is 12.8 Å². The van der Waals surface area contributed by atoms with E-state index in [4.69, 9.17) is 5.11 Å². The monoisotopic (exact) mass is 248 g/mol. The third-order valence-electron chi connectivity index (χ3n) is 2.65. The largest absolute Gasteiger partial charge is 0.396 e. The molecular formula is C13H16N2OS. The van der Waals surface area contributed by atoms with Gasteiger partial charge >= 0.3 is 0 Å². The number of aryl methyl sites for hydroxylation is 1. The normalized spacial score (nSPS) is 12.9. The summed E-state index contributed by atoms with van der Waals surface area (Å²) in [7, 11) is 0. The molecule has 0 aliphatic carbocycles. The average Bonchev–Trinajstić information content (AvgIpc) is 2.38. The van der Waals surface area contributed by atoms with E-state index in [-0.39, 0.29) is 12.5 Å². The fourth-order valence-corrected chi connectivity index (χ4v) is 2.57. The van der Waals surface area contributed by atoms with Crippen molar-refractivity contribution in [2.24, 2.45) is 5.92 Å². The molecule has 4 heteroatoms. The van der Waals surface area contributed by atoms with Crippen LogP contribution in [0.5, 0.6) is 0 Å². The molecule has 1 N–H and O–H groups in total. The molecule has 0 spiro atoms. The van der Waals surface area contributed by atoms with Gasteiger partial charge in [0.05, 0.1) is 5.69 Å². The fourth-order valence-electron chi connectivity index (χ4n) is 1.59. The molecule has 17 heavy (non-hydrogen) atoms. The second kappa shape index (κ2) is 5.47. The van der Waals surface area contributed by atoms with Crippen LogP contribution in [-0.2, 0) is 0 Å². The lowest BCUT2D eigenvalue weighted by Crippen LogP contribution is -2.04. The number of fused-ring (bicyclic) bond motifs is 1. The van der Waals surface area contributed by atoms with Gasteiger partial charge in [-0.25, -0.2) is 0 Å². The molecule has 0 aliphatic rings. The molecule has 0 aliphatic heterocycles. The molecule has 0 saturated carbocycles. The summed E-state index contributed by atoms with van der Waals surface area (Å²) >= 11 is 1.66. The summed E-state index contributed by atoms with van der Waals surface area (Å²) in [6.07, 6.45) is 0. The highest BCUT2D eigenvalue weighted by atomic mass is 32.2. The predicted octanol–water partition coefficient (Wildman–Crippen LogP) is 2.66. The van der Waals surface area contributed by atoms with Crippen LogP contribution in [0.3, 0.4) is 0 Å². The Morgan fingerprint density at radius 3 is 2.65 bits per heavy atom. The Labute approximate surface area is 105 Å². The zero-order valence-electron chi connectivity index (χ0n) is 10.1. The topological polar surface area (TPSA) is 46.0 Å². The van der Waals surface area contributed by atoms with Crippen LogP contribution in [0.15, 0.2) is 29.3 Å². The van der Waals surface area contributed by atoms with Crippen molar-refractivity contribution in [3.05, 3.63) is 30.0 Å². The molecule has 90 valence electrons. The minimum absolute atomic E-state index is 0.213. The van der Waals surface area contributed by atoms with Gasteiger partial charge in [0.1, 0.15) is 5.03 Å². The lowest BCUT2D eigenvalue weighted by Gasteiger charge is -2.09. The van der Waals surface area contributed by atoms with E-state index >= 15 is 0 Å². The number of thioether (sulfide) groups is 1. The standard InChI is InChI=1S/C13H16N2OS/c1-9(7-16)8-17-13-12-6-4-3-5-11(12)10(2)14-15-13/h3-6,9,16H,7-8H2,1-2H3. The number of aromatic nitrogens is 2. The quantitative estimate of drug-likeness (QED) is 0.845. The van der Waals surface area contributed by atoms with Gasteiger partial charge in [0.25, 0.3) is 0 Å². The van der Waals surface area contributed by atoms with Crippen LogP contribution in [0.25, 0.3) is 10.8 Å². The first-order valence-corrected chi connectivity index (χ1v) is 6.66. The summed E-state index contributed by atoms with van der Waals surface area (Å²) in [4.78, 5) is 0. The molecule has 3 nitrogen and oxygen atoms in total. The van der Waals surface area contributed by atoms with Crippen LogP contribution in [-0.4, -0.2) is 27.7 Å². The lowest BCUT2D eigenvalue weighted by molar-refractivity contribution is 0.250. The summed E-state index contributed by atoms with van der Waals surface area (Å²) in [5.41, 5.74) is 0.958. The first kappa shape index (κ1) is 12.3. The molecule has 1 atom stereocenters. The first-order chi connectivity index (χ1) is 8.22. The van der Waals surface area contributed by atoms with E-state index in [0.29, 0.717) is 0 Å². The van der Waals surface area contributed by atoms with Crippen molar-refractivity contribution < 1.29 is 5.11 Å². The van der Waals surface area contributed by atoms with Crippen molar-refractivity contribution in [1.29, 1.82) is 0 Å². The molecule has 1 aromatic heterocycles. The van der Waals surface area contributed by atoms with E-state index in [0.717, 1.165) is 27.2 Å². The van der Waals surface area contributed by atoms with E-state index in [1.807, 2.05) is 26.0 Å². The Kier molecular flexibility index (Phi) is 3.97. The van der Waals surface area contributed by atoms with E-state index in [9.17, 15) is 0 Å². The highest BCUT2D eigenvalue weighted by molar-refractivity contribution is 7.99. The fraction of sp³-hybridized carbons (Fsp3) is 0.385. The molecule has 1 heterocycles. The highest BCUT2D eigenvalue weighted by Gasteiger charge is 2.08. The average molecular weight is 248 g/mol. The van der Waals surface area contributed by atoms with Gasteiger partial charge < -0.3 is 5.11 Å². The van der Waals surface area contributed by atoms with Crippen LogP contribution in [0.1, 0.15) is 12.6 Å². The number of nitrogens with zero attached hydrogens (tertiary/aromatic N) is 2. The third-order valence-corrected chi connectivity index (χ3v) is 3.97. The van der Waals surface area contributed by atoms with Gasteiger partial charge in [0, 0.05) is 23.1 Å². The number of hydrogen-bond acceptors (Lipinski definition) is 4. The number of aliphatic hydroxyl groups is 1. The molecule has 0 bridgehead atoms. The minimum atomic E-state index is 0.213. The number of hydrogen-bond donors (Lipinski definition) is 1. The molecule has 1 unspecified atom stereocenters.